The quantitative estimate of drug-likeness (QED) is 0.892. The van der Waals surface area contributed by atoms with Crippen LogP contribution in [-0.2, 0) is 0 Å². The lowest BCUT2D eigenvalue weighted by molar-refractivity contribution is -0.0438. The molecule has 1 saturated heterocycles. The summed E-state index contributed by atoms with van der Waals surface area (Å²) in [4.78, 5) is 20.0. The van der Waals surface area contributed by atoms with Crippen molar-refractivity contribution in [1.29, 1.82) is 0 Å². The van der Waals surface area contributed by atoms with Crippen molar-refractivity contribution in [1.82, 2.24) is 15.1 Å². The molecule has 26 heavy (non-hydrogen) atoms. The number of amides is 1. The highest BCUT2D eigenvalue weighted by Crippen LogP contribution is 2.52. The summed E-state index contributed by atoms with van der Waals surface area (Å²) in [7, 11) is 0. The summed E-state index contributed by atoms with van der Waals surface area (Å²) in [5.74, 6) is -3.53. The third kappa shape index (κ3) is 2.49. The monoisotopic (exact) mass is 378 g/mol. The summed E-state index contributed by atoms with van der Waals surface area (Å²) in [6, 6.07) is 0. The third-order valence-corrected chi connectivity index (χ3v) is 6.34. The van der Waals surface area contributed by atoms with E-state index < -0.39 is 18.4 Å². The Labute approximate surface area is 151 Å². The van der Waals surface area contributed by atoms with Crippen LogP contribution in [0, 0.1) is 0 Å². The number of nitrogens with one attached hydrogen (secondary N) is 1. The van der Waals surface area contributed by atoms with Gasteiger partial charge in [0.25, 0.3) is 11.8 Å². The lowest BCUT2D eigenvalue weighted by Crippen LogP contribution is -2.43. The number of likely N-dealkylation sites (tertiary alicyclic amines) is 1. The number of aromatic amines is 1. The van der Waals surface area contributed by atoms with Crippen molar-refractivity contribution in [2.45, 2.75) is 24.7 Å². The number of thiophene rings is 1. The van der Waals surface area contributed by atoms with Crippen LogP contribution in [-0.4, -0.2) is 58.9 Å². The Morgan fingerprint density at radius 3 is 2.92 bits per heavy atom. The summed E-state index contributed by atoms with van der Waals surface area (Å²) >= 11 is 1.25. The van der Waals surface area contributed by atoms with Crippen molar-refractivity contribution < 1.29 is 18.3 Å². The molecular weight excluding hydrogens is 362 g/mol. The van der Waals surface area contributed by atoms with Gasteiger partial charge in [-0.1, -0.05) is 0 Å². The number of hydrogen-bond donors (Lipinski definition) is 1. The zero-order valence-electron chi connectivity index (χ0n) is 13.8. The van der Waals surface area contributed by atoms with E-state index in [1.165, 1.54) is 11.3 Å². The molecule has 5 rings (SSSR count). The number of nitrogens with zero attached hydrogens (tertiary/aromatic N) is 3. The average Bonchev–Trinajstić information content (AvgIpc) is 3.16. The Hall–Kier alpha value is -2.13. The SMILES string of the molecule is O=C1N=C(CN2CCC2)C2CC(F)(F)COc3c(-c4cn[nH]c4)sc1c32. The Bertz CT molecular complexity index is 902. The lowest BCUT2D eigenvalue weighted by atomic mass is 9.85. The summed E-state index contributed by atoms with van der Waals surface area (Å²) in [6.07, 6.45) is 3.97. The van der Waals surface area contributed by atoms with E-state index in [1.54, 1.807) is 12.4 Å². The van der Waals surface area contributed by atoms with E-state index in [0.29, 0.717) is 33.3 Å². The van der Waals surface area contributed by atoms with Gasteiger partial charge < -0.3 is 4.74 Å². The van der Waals surface area contributed by atoms with E-state index in [1.807, 2.05) is 0 Å². The molecule has 3 aliphatic rings. The van der Waals surface area contributed by atoms with Gasteiger partial charge in [-0.15, -0.1) is 11.3 Å². The van der Waals surface area contributed by atoms with Crippen molar-refractivity contribution >= 4 is 23.0 Å². The molecule has 0 aliphatic carbocycles. The zero-order valence-corrected chi connectivity index (χ0v) is 14.6. The number of aliphatic imine (C=N–C) groups is 1. The molecule has 0 spiro atoms. The fourth-order valence-electron chi connectivity index (χ4n) is 3.71. The molecule has 0 radical (unpaired) electrons. The molecule has 1 fully saturated rings. The molecule has 6 nitrogen and oxygen atoms in total. The minimum Gasteiger partial charge on any atom is -0.485 e. The molecule has 5 heterocycles. The van der Waals surface area contributed by atoms with E-state index in [4.69, 9.17) is 4.74 Å². The van der Waals surface area contributed by atoms with Gasteiger partial charge in [0.15, 0.2) is 6.61 Å². The largest absolute Gasteiger partial charge is 0.485 e. The maximum atomic E-state index is 14.4. The molecule has 1 atom stereocenters. The molecular formula is C17H16F2N4O2S. The highest BCUT2D eigenvalue weighted by Gasteiger charge is 2.46. The van der Waals surface area contributed by atoms with Crippen LogP contribution in [0.25, 0.3) is 10.4 Å². The fraction of sp³-hybridized carbons (Fsp3) is 0.471. The number of alkyl halides is 2. The van der Waals surface area contributed by atoms with Crippen LogP contribution in [0.5, 0.6) is 5.75 Å². The number of H-pyrrole nitrogens is 1. The Kier molecular flexibility index (Phi) is 3.51. The van der Waals surface area contributed by atoms with Gasteiger partial charge in [-0.25, -0.2) is 13.8 Å². The summed E-state index contributed by atoms with van der Waals surface area (Å²) < 4.78 is 34.3. The predicted molar refractivity (Wildman–Crippen MR) is 92.5 cm³/mol. The Balaban J connectivity index is 1.64. The van der Waals surface area contributed by atoms with Crippen molar-refractivity contribution in [3.63, 3.8) is 0 Å². The van der Waals surface area contributed by atoms with Crippen LogP contribution >= 0.6 is 11.3 Å². The molecule has 0 saturated carbocycles. The third-order valence-electron chi connectivity index (χ3n) is 5.11. The van der Waals surface area contributed by atoms with Crippen molar-refractivity contribution in [2.24, 2.45) is 4.99 Å². The molecule has 0 bridgehead atoms. The van der Waals surface area contributed by atoms with Crippen molar-refractivity contribution in [2.75, 3.05) is 26.2 Å². The van der Waals surface area contributed by atoms with Gasteiger partial charge in [0.1, 0.15) is 10.6 Å². The van der Waals surface area contributed by atoms with Crippen LogP contribution in [0.4, 0.5) is 8.78 Å². The maximum absolute atomic E-state index is 14.4. The molecule has 2 aromatic heterocycles. The summed E-state index contributed by atoms with van der Waals surface area (Å²) in [5, 5.41) is 6.63. The first kappa shape index (κ1) is 16.1. The van der Waals surface area contributed by atoms with Gasteiger partial charge in [0, 0.05) is 41.9 Å². The van der Waals surface area contributed by atoms with Gasteiger partial charge in [-0.05, 0) is 19.5 Å². The van der Waals surface area contributed by atoms with Gasteiger partial charge in [-0.2, -0.15) is 5.10 Å². The number of ether oxygens (including phenoxy) is 1. The van der Waals surface area contributed by atoms with E-state index in [-0.39, 0.29) is 12.3 Å². The molecule has 3 aliphatic heterocycles. The first-order valence-electron chi connectivity index (χ1n) is 8.52. The summed E-state index contributed by atoms with van der Waals surface area (Å²) in [6.45, 7) is 1.60. The van der Waals surface area contributed by atoms with Gasteiger partial charge >= 0.3 is 0 Å². The highest BCUT2D eigenvalue weighted by atomic mass is 32.1. The van der Waals surface area contributed by atoms with Gasteiger partial charge in [-0.3, -0.25) is 14.8 Å². The molecule has 0 aromatic carbocycles. The number of hydrogen-bond acceptors (Lipinski definition) is 5. The minimum absolute atomic E-state index is 0.360. The molecule has 2 aromatic rings. The number of aromatic nitrogens is 2. The predicted octanol–water partition coefficient (Wildman–Crippen LogP) is 2.94. The van der Waals surface area contributed by atoms with Crippen LogP contribution in [0.15, 0.2) is 17.4 Å². The number of carbonyl (C=O) groups is 1. The summed E-state index contributed by atoms with van der Waals surface area (Å²) in [5.41, 5.74) is 1.84. The standard InChI is InChI=1S/C17H16F2N4O2S/c18-17(19)4-10-11(7-23-2-1-3-23)22-16(24)15-12(10)13(25-8-17)14(26-15)9-5-20-21-6-9/h5-6,10H,1-4,7-8H2,(H,20,21). The van der Waals surface area contributed by atoms with Crippen molar-refractivity contribution in [3.05, 3.63) is 22.8 Å². The van der Waals surface area contributed by atoms with E-state index in [0.717, 1.165) is 25.1 Å². The number of halogens is 2. The van der Waals surface area contributed by atoms with Crippen molar-refractivity contribution in [3.8, 4) is 16.2 Å². The van der Waals surface area contributed by atoms with E-state index >= 15 is 0 Å². The van der Waals surface area contributed by atoms with E-state index in [9.17, 15) is 13.6 Å². The minimum atomic E-state index is -2.97. The van der Waals surface area contributed by atoms with Crippen LogP contribution < -0.4 is 4.74 Å². The first-order chi connectivity index (χ1) is 12.5. The zero-order chi connectivity index (χ0) is 17.9. The average molecular weight is 378 g/mol. The second-order valence-electron chi connectivity index (χ2n) is 6.93. The van der Waals surface area contributed by atoms with Gasteiger partial charge in [0.2, 0.25) is 0 Å². The smallest absolute Gasteiger partial charge is 0.287 e. The normalized spacial score (nSPS) is 24.3. The molecule has 1 amide bonds. The molecule has 1 unspecified atom stereocenters. The molecule has 9 heteroatoms. The lowest BCUT2D eigenvalue weighted by Gasteiger charge is -2.34. The second kappa shape index (κ2) is 5.68. The van der Waals surface area contributed by atoms with E-state index in [2.05, 4.69) is 20.1 Å². The van der Waals surface area contributed by atoms with Crippen LogP contribution in [0.3, 0.4) is 0 Å². The van der Waals surface area contributed by atoms with Gasteiger partial charge in [0.05, 0.1) is 11.1 Å². The highest BCUT2D eigenvalue weighted by molar-refractivity contribution is 7.18. The van der Waals surface area contributed by atoms with Crippen LogP contribution in [0.1, 0.15) is 34.0 Å². The second-order valence-corrected chi connectivity index (χ2v) is 7.95. The number of carbonyl (C=O) groups excluding carboxylic acids is 1. The van der Waals surface area contributed by atoms with Crippen LogP contribution in [0.2, 0.25) is 0 Å². The first-order valence-corrected chi connectivity index (χ1v) is 9.34. The topological polar surface area (TPSA) is 70.6 Å². The molecule has 136 valence electrons. The number of rotatable bonds is 3. The Morgan fingerprint density at radius 1 is 1.38 bits per heavy atom. The fourth-order valence-corrected chi connectivity index (χ4v) is 4.88. The molecule has 1 N–H and O–H groups in total. The Morgan fingerprint density at radius 2 is 2.23 bits per heavy atom. The maximum Gasteiger partial charge on any atom is 0.287 e.